The molecule has 13 heavy (non-hydrogen) atoms. The van der Waals surface area contributed by atoms with Gasteiger partial charge in [-0.15, -0.1) is 0 Å². The molecule has 0 radical (unpaired) electrons. The number of rotatable bonds is 8. The quantitative estimate of drug-likeness (QED) is 0.630. The van der Waals surface area contributed by atoms with E-state index < -0.39 is 0 Å². The largest absolute Gasteiger partial charge is 0.379 e. The summed E-state index contributed by atoms with van der Waals surface area (Å²) in [5.74, 6) is 0. The van der Waals surface area contributed by atoms with Crippen molar-refractivity contribution >= 4 is 0 Å². The monoisotopic (exact) mass is 187 g/mol. The van der Waals surface area contributed by atoms with Gasteiger partial charge in [0, 0.05) is 12.6 Å². The highest BCUT2D eigenvalue weighted by Gasteiger charge is 2.04. The van der Waals surface area contributed by atoms with Crippen LogP contribution in [0.2, 0.25) is 0 Å². The van der Waals surface area contributed by atoms with Crippen molar-refractivity contribution in [2.75, 3.05) is 13.2 Å². The number of nitrogens with one attached hydrogen (secondary N) is 1. The summed E-state index contributed by atoms with van der Waals surface area (Å²) < 4.78 is 5.51. The lowest BCUT2D eigenvalue weighted by molar-refractivity contribution is 0.0713. The van der Waals surface area contributed by atoms with Crippen LogP contribution in [0.4, 0.5) is 0 Å². The van der Waals surface area contributed by atoms with Crippen molar-refractivity contribution in [1.82, 2.24) is 5.32 Å². The molecular weight excluding hydrogens is 162 g/mol. The van der Waals surface area contributed by atoms with Crippen molar-refractivity contribution < 1.29 is 4.74 Å². The van der Waals surface area contributed by atoms with Crippen molar-refractivity contribution in [1.29, 1.82) is 0 Å². The Bertz CT molecular complexity index is 104. The Kier molecular flexibility index (Phi) is 8.46. The highest BCUT2D eigenvalue weighted by molar-refractivity contribution is 4.63. The van der Waals surface area contributed by atoms with Gasteiger partial charge in [-0.2, -0.15) is 0 Å². The molecular formula is C11H25NO. The zero-order chi connectivity index (χ0) is 10.1. The van der Waals surface area contributed by atoms with Crippen LogP contribution >= 0.6 is 0 Å². The summed E-state index contributed by atoms with van der Waals surface area (Å²) in [6.07, 6.45) is 3.90. The minimum Gasteiger partial charge on any atom is -0.379 e. The van der Waals surface area contributed by atoms with E-state index in [0.717, 1.165) is 19.6 Å². The molecule has 0 saturated carbocycles. The standard InChI is InChI=1S/C11H25NO/c1-5-8-12-11(6-2)7-9-13-10(3)4/h10-12H,5-9H2,1-4H3. The van der Waals surface area contributed by atoms with Gasteiger partial charge in [-0.1, -0.05) is 13.8 Å². The third-order valence-electron chi connectivity index (χ3n) is 2.09. The molecule has 0 rings (SSSR count). The predicted octanol–water partition coefficient (Wildman–Crippen LogP) is 2.58. The fraction of sp³-hybridized carbons (Fsp3) is 1.00. The van der Waals surface area contributed by atoms with E-state index in [2.05, 4.69) is 33.0 Å². The Labute approximate surface area is 83.1 Å². The van der Waals surface area contributed by atoms with Gasteiger partial charge in [0.2, 0.25) is 0 Å². The van der Waals surface area contributed by atoms with Crippen LogP contribution in [0.25, 0.3) is 0 Å². The van der Waals surface area contributed by atoms with Crippen LogP contribution in [0.3, 0.4) is 0 Å². The lowest BCUT2D eigenvalue weighted by atomic mass is 10.1. The van der Waals surface area contributed by atoms with Crippen molar-refractivity contribution in [3.8, 4) is 0 Å². The third kappa shape index (κ3) is 8.26. The van der Waals surface area contributed by atoms with E-state index in [4.69, 9.17) is 4.74 Å². The van der Waals surface area contributed by atoms with Gasteiger partial charge in [-0.3, -0.25) is 0 Å². The molecule has 0 aliphatic carbocycles. The average molecular weight is 187 g/mol. The minimum absolute atomic E-state index is 0.365. The maximum atomic E-state index is 5.51. The number of hydrogen-bond donors (Lipinski definition) is 1. The predicted molar refractivity (Wildman–Crippen MR) is 58.1 cm³/mol. The molecule has 0 spiro atoms. The molecule has 1 N–H and O–H groups in total. The molecule has 0 bridgehead atoms. The van der Waals surface area contributed by atoms with E-state index in [-0.39, 0.29) is 0 Å². The smallest absolute Gasteiger partial charge is 0.0518 e. The molecule has 80 valence electrons. The lowest BCUT2D eigenvalue weighted by Crippen LogP contribution is -2.30. The minimum atomic E-state index is 0.365. The van der Waals surface area contributed by atoms with Crippen LogP contribution in [0, 0.1) is 0 Å². The Morgan fingerprint density at radius 2 is 1.92 bits per heavy atom. The molecule has 0 fully saturated rings. The molecule has 0 aliphatic heterocycles. The third-order valence-corrected chi connectivity index (χ3v) is 2.09. The van der Waals surface area contributed by atoms with E-state index in [1.807, 2.05) is 0 Å². The van der Waals surface area contributed by atoms with Gasteiger partial charge >= 0.3 is 0 Å². The highest BCUT2D eigenvalue weighted by Crippen LogP contribution is 1.99. The molecule has 0 aromatic rings. The molecule has 0 amide bonds. The topological polar surface area (TPSA) is 21.3 Å². The van der Waals surface area contributed by atoms with Crippen LogP contribution in [-0.4, -0.2) is 25.3 Å². The highest BCUT2D eigenvalue weighted by atomic mass is 16.5. The van der Waals surface area contributed by atoms with Crippen LogP contribution in [0.15, 0.2) is 0 Å². The molecule has 2 nitrogen and oxygen atoms in total. The molecule has 2 heteroatoms. The van der Waals surface area contributed by atoms with Crippen molar-refractivity contribution in [2.24, 2.45) is 0 Å². The van der Waals surface area contributed by atoms with E-state index >= 15 is 0 Å². The van der Waals surface area contributed by atoms with Crippen molar-refractivity contribution in [3.05, 3.63) is 0 Å². The van der Waals surface area contributed by atoms with Crippen LogP contribution in [0.5, 0.6) is 0 Å². The van der Waals surface area contributed by atoms with Crippen LogP contribution in [-0.2, 0) is 4.74 Å². The van der Waals surface area contributed by atoms with Crippen molar-refractivity contribution in [3.63, 3.8) is 0 Å². The second-order valence-corrected chi connectivity index (χ2v) is 3.77. The van der Waals surface area contributed by atoms with Gasteiger partial charge in [-0.25, -0.2) is 0 Å². The number of hydrogen-bond acceptors (Lipinski definition) is 2. The first-order valence-electron chi connectivity index (χ1n) is 5.55. The summed E-state index contributed by atoms with van der Waals surface area (Å²) in [4.78, 5) is 0. The van der Waals surface area contributed by atoms with E-state index in [1.54, 1.807) is 0 Å². The summed E-state index contributed by atoms with van der Waals surface area (Å²) in [6.45, 7) is 10.6. The van der Waals surface area contributed by atoms with Crippen LogP contribution < -0.4 is 5.32 Å². The van der Waals surface area contributed by atoms with Gasteiger partial charge < -0.3 is 10.1 Å². The molecule has 0 aromatic heterocycles. The molecule has 0 aromatic carbocycles. The molecule has 0 aliphatic rings. The Balaban J connectivity index is 3.36. The van der Waals surface area contributed by atoms with Crippen LogP contribution in [0.1, 0.15) is 47.0 Å². The second-order valence-electron chi connectivity index (χ2n) is 3.77. The van der Waals surface area contributed by atoms with Gasteiger partial charge in [0.25, 0.3) is 0 Å². The maximum Gasteiger partial charge on any atom is 0.0518 e. The number of ether oxygens (including phenoxy) is 1. The summed E-state index contributed by atoms with van der Waals surface area (Å²) in [6, 6.07) is 0.638. The molecule has 0 heterocycles. The summed E-state index contributed by atoms with van der Waals surface area (Å²) in [7, 11) is 0. The first kappa shape index (κ1) is 12.9. The Morgan fingerprint density at radius 3 is 2.38 bits per heavy atom. The SMILES string of the molecule is CCCNC(CC)CCOC(C)C. The fourth-order valence-electron chi connectivity index (χ4n) is 1.24. The first-order chi connectivity index (χ1) is 6.20. The summed E-state index contributed by atoms with van der Waals surface area (Å²) in [5, 5.41) is 3.51. The Morgan fingerprint density at radius 1 is 1.23 bits per heavy atom. The Hall–Kier alpha value is -0.0800. The van der Waals surface area contributed by atoms with Gasteiger partial charge in [0.15, 0.2) is 0 Å². The summed E-state index contributed by atoms with van der Waals surface area (Å²) in [5.41, 5.74) is 0. The van der Waals surface area contributed by atoms with Gasteiger partial charge in [0.05, 0.1) is 6.10 Å². The summed E-state index contributed by atoms with van der Waals surface area (Å²) >= 11 is 0. The molecule has 1 unspecified atom stereocenters. The fourth-order valence-corrected chi connectivity index (χ4v) is 1.24. The maximum absolute atomic E-state index is 5.51. The van der Waals surface area contributed by atoms with E-state index in [9.17, 15) is 0 Å². The second kappa shape index (κ2) is 8.52. The zero-order valence-corrected chi connectivity index (χ0v) is 9.60. The van der Waals surface area contributed by atoms with E-state index in [1.165, 1.54) is 12.8 Å². The molecule has 1 atom stereocenters. The van der Waals surface area contributed by atoms with Gasteiger partial charge in [-0.05, 0) is 39.7 Å². The normalized spacial score (nSPS) is 13.6. The van der Waals surface area contributed by atoms with Crippen molar-refractivity contribution in [2.45, 2.75) is 59.1 Å². The molecule has 0 saturated heterocycles. The van der Waals surface area contributed by atoms with E-state index in [0.29, 0.717) is 12.1 Å². The first-order valence-corrected chi connectivity index (χ1v) is 5.55. The zero-order valence-electron chi connectivity index (χ0n) is 9.60. The van der Waals surface area contributed by atoms with Gasteiger partial charge in [0.1, 0.15) is 0 Å². The lowest BCUT2D eigenvalue weighted by Gasteiger charge is -2.17. The average Bonchev–Trinajstić information content (AvgIpc) is 2.10.